The molecule has 0 saturated heterocycles. The number of anilines is 1. The lowest BCUT2D eigenvalue weighted by Gasteiger charge is -2.38. The highest BCUT2D eigenvalue weighted by Crippen LogP contribution is 2.32. The fraction of sp³-hybridized carbons (Fsp3) is 0.667. The first-order valence-corrected chi connectivity index (χ1v) is 12.3. The number of carbonyl (C=O) groups is 1. The van der Waals surface area contributed by atoms with Gasteiger partial charge in [-0.25, -0.2) is 8.42 Å². The van der Waals surface area contributed by atoms with Crippen molar-refractivity contribution >= 4 is 21.6 Å². The summed E-state index contributed by atoms with van der Waals surface area (Å²) in [7, 11) is -1.42. The second kappa shape index (κ2) is 9.34. The number of hydrogen-bond acceptors (Lipinski definition) is 5. The zero-order valence-electron chi connectivity index (χ0n) is 17.3. The Morgan fingerprint density at radius 2 is 1.93 bits per heavy atom. The number of amides is 1. The van der Waals surface area contributed by atoms with Crippen LogP contribution in [0.2, 0.25) is 0 Å². The van der Waals surface area contributed by atoms with Crippen LogP contribution in [-0.4, -0.2) is 51.2 Å². The highest BCUT2D eigenvalue weighted by Gasteiger charge is 2.34. The third-order valence-electron chi connectivity index (χ3n) is 6.28. The molecule has 2 fully saturated rings. The van der Waals surface area contributed by atoms with Crippen LogP contribution in [0, 0.1) is 11.8 Å². The molecule has 2 aliphatic carbocycles. The van der Waals surface area contributed by atoms with E-state index in [-0.39, 0.29) is 11.8 Å². The number of hydrogen-bond donors (Lipinski definition) is 2. The average molecular weight is 424 g/mol. The zero-order chi connectivity index (χ0) is 21.0. The number of nitrogens with zero attached hydrogens (tertiary/aromatic N) is 1. The van der Waals surface area contributed by atoms with Crippen molar-refractivity contribution in [2.24, 2.45) is 17.6 Å². The molecule has 1 atom stereocenters. The largest absolute Gasteiger partial charge is 0.493 e. The Hall–Kier alpha value is -1.80. The molecule has 3 N–H and O–H groups in total. The van der Waals surface area contributed by atoms with Gasteiger partial charge in [-0.3, -0.25) is 9.52 Å². The van der Waals surface area contributed by atoms with Gasteiger partial charge in [0.05, 0.1) is 24.6 Å². The number of rotatable bonds is 8. The maximum absolute atomic E-state index is 12.6. The lowest BCUT2D eigenvalue weighted by atomic mass is 9.78. The van der Waals surface area contributed by atoms with E-state index in [9.17, 15) is 13.2 Å². The molecule has 29 heavy (non-hydrogen) atoms. The van der Waals surface area contributed by atoms with E-state index >= 15 is 0 Å². The number of nitrogens with one attached hydrogen (secondary N) is 1. The standard InChI is InChI=1S/C21H33N3O4S/c1-24(18-6-4-7-18)21(25)20(22)16-11-9-15(10-12-16)14-28-19-8-3-5-17(13-19)23-29(2,26)27/h3,5,8,13,15-16,18,20,23H,4,6-7,9-12,14,22H2,1-2H3/t15?,16?,20-/m0/s1. The van der Waals surface area contributed by atoms with E-state index in [4.69, 9.17) is 10.5 Å². The number of sulfonamides is 1. The lowest BCUT2D eigenvalue weighted by molar-refractivity contribution is -0.136. The second-order valence-corrected chi connectivity index (χ2v) is 10.3. The molecule has 0 unspecified atom stereocenters. The van der Waals surface area contributed by atoms with Gasteiger partial charge in [-0.2, -0.15) is 0 Å². The Balaban J connectivity index is 1.44. The van der Waals surface area contributed by atoms with Gasteiger partial charge in [-0.15, -0.1) is 0 Å². The van der Waals surface area contributed by atoms with Crippen LogP contribution < -0.4 is 15.2 Å². The first kappa shape index (κ1) is 21.9. The van der Waals surface area contributed by atoms with Gasteiger partial charge in [0, 0.05) is 19.2 Å². The van der Waals surface area contributed by atoms with Gasteiger partial charge in [-0.1, -0.05) is 6.07 Å². The summed E-state index contributed by atoms with van der Waals surface area (Å²) in [5.74, 6) is 1.40. The highest BCUT2D eigenvalue weighted by molar-refractivity contribution is 7.92. The molecular formula is C21H33N3O4S. The van der Waals surface area contributed by atoms with Crippen molar-refractivity contribution in [1.82, 2.24) is 4.90 Å². The van der Waals surface area contributed by atoms with Crippen molar-refractivity contribution < 1.29 is 17.9 Å². The van der Waals surface area contributed by atoms with Crippen LogP contribution in [0.3, 0.4) is 0 Å². The summed E-state index contributed by atoms with van der Waals surface area (Å²) < 4.78 is 31.1. The maximum Gasteiger partial charge on any atom is 0.239 e. The van der Waals surface area contributed by atoms with Gasteiger partial charge in [0.15, 0.2) is 0 Å². The van der Waals surface area contributed by atoms with Crippen LogP contribution >= 0.6 is 0 Å². The van der Waals surface area contributed by atoms with Crippen molar-refractivity contribution in [2.75, 3.05) is 24.6 Å². The van der Waals surface area contributed by atoms with E-state index in [0.717, 1.165) is 44.8 Å². The third-order valence-corrected chi connectivity index (χ3v) is 6.88. The molecule has 2 aliphatic rings. The van der Waals surface area contributed by atoms with Crippen molar-refractivity contribution in [1.29, 1.82) is 0 Å². The second-order valence-electron chi connectivity index (χ2n) is 8.55. The molecule has 0 aliphatic heterocycles. The third kappa shape index (κ3) is 6.09. The van der Waals surface area contributed by atoms with Crippen LogP contribution in [0.5, 0.6) is 5.75 Å². The molecule has 0 spiro atoms. The van der Waals surface area contributed by atoms with Gasteiger partial charge in [0.1, 0.15) is 5.75 Å². The van der Waals surface area contributed by atoms with Crippen LogP contribution in [0.15, 0.2) is 24.3 Å². The van der Waals surface area contributed by atoms with Crippen molar-refractivity contribution in [3.63, 3.8) is 0 Å². The molecule has 0 aromatic heterocycles. The summed E-state index contributed by atoms with van der Waals surface area (Å²) in [6.45, 7) is 0.584. The molecule has 3 rings (SSSR count). The summed E-state index contributed by atoms with van der Waals surface area (Å²) >= 11 is 0. The SMILES string of the molecule is CN(C(=O)[C@@H](N)C1CCC(COc2cccc(NS(C)(=O)=O)c2)CC1)C1CCC1. The Kier molecular flexibility index (Phi) is 7.05. The average Bonchev–Trinajstić information content (AvgIpc) is 2.63. The van der Waals surface area contributed by atoms with Crippen molar-refractivity contribution in [3.05, 3.63) is 24.3 Å². The first-order chi connectivity index (χ1) is 13.7. The molecule has 1 aromatic carbocycles. The van der Waals surface area contributed by atoms with E-state index in [0.29, 0.717) is 30.0 Å². The summed E-state index contributed by atoms with van der Waals surface area (Å²) in [6, 6.07) is 6.95. The Morgan fingerprint density at radius 3 is 2.52 bits per heavy atom. The number of likely N-dealkylation sites (N-methyl/N-ethyl adjacent to an activating group) is 1. The highest BCUT2D eigenvalue weighted by atomic mass is 32.2. The smallest absolute Gasteiger partial charge is 0.239 e. The Bertz CT molecular complexity index is 802. The van der Waals surface area contributed by atoms with Gasteiger partial charge in [0.2, 0.25) is 15.9 Å². The monoisotopic (exact) mass is 423 g/mol. The van der Waals surface area contributed by atoms with Crippen molar-refractivity contribution in [3.8, 4) is 5.75 Å². The Labute approximate surface area is 174 Å². The molecular weight excluding hydrogens is 390 g/mol. The molecule has 162 valence electrons. The Morgan fingerprint density at radius 1 is 1.24 bits per heavy atom. The summed E-state index contributed by atoms with van der Waals surface area (Å²) in [6.07, 6.45) is 8.37. The van der Waals surface area contributed by atoms with Crippen LogP contribution in [0.4, 0.5) is 5.69 Å². The molecule has 7 nitrogen and oxygen atoms in total. The normalized spacial score (nSPS) is 23.7. The topological polar surface area (TPSA) is 102 Å². The number of ether oxygens (including phenoxy) is 1. The van der Waals surface area contributed by atoms with Gasteiger partial charge < -0.3 is 15.4 Å². The van der Waals surface area contributed by atoms with E-state index in [2.05, 4.69) is 4.72 Å². The summed E-state index contributed by atoms with van der Waals surface area (Å²) in [5.41, 5.74) is 6.80. The van der Waals surface area contributed by atoms with Gasteiger partial charge in [-0.05, 0) is 68.9 Å². The summed E-state index contributed by atoms with van der Waals surface area (Å²) in [5, 5.41) is 0. The minimum atomic E-state index is -3.31. The predicted octanol–water partition coefficient (Wildman–Crippen LogP) is 2.58. The van der Waals surface area contributed by atoms with Crippen molar-refractivity contribution in [2.45, 2.75) is 57.0 Å². The van der Waals surface area contributed by atoms with Crippen LogP contribution in [0.1, 0.15) is 44.9 Å². The maximum atomic E-state index is 12.6. The molecule has 0 bridgehead atoms. The quantitative estimate of drug-likeness (QED) is 0.669. The van der Waals surface area contributed by atoms with E-state index in [1.54, 1.807) is 18.2 Å². The molecule has 0 heterocycles. The van der Waals surface area contributed by atoms with Crippen LogP contribution in [-0.2, 0) is 14.8 Å². The number of benzene rings is 1. The summed E-state index contributed by atoms with van der Waals surface area (Å²) in [4.78, 5) is 14.5. The minimum absolute atomic E-state index is 0.0876. The molecule has 1 amide bonds. The van der Waals surface area contributed by atoms with Gasteiger partial charge in [0.25, 0.3) is 0 Å². The lowest BCUT2D eigenvalue weighted by Crippen LogP contribution is -2.52. The number of nitrogens with two attached hydrogens (primary N) is 1. The van der Waals surface area contributed by atoms with Crippen LogP contribution in [0.25, 0.3) is 0 Å². The number of carbonyl (C=O) groups excluding carboxylic acids is 1. The fourth-order valence-corrected chi connectivity index (χ4v) is 4.74. The van der Waals surface area contributed by atoms with E-state index in [1.807, 2.05) is 18.0 Å². The minimum Gasteiger partial charge on any atom is -0.493 e. The van der Waals surface area contributed by atoms with E-state index in [1.165, 1.54) is 6.42 Å². The first-order valence-electron chi connectivity index (χ1n) is 10.5. The van der Waals surface area contributed by atoms with E-state index < -0.39 is 16.1 Å². The predicted molar refractivity (Wildman–Crippen MR) is 114 cm³/mol. The molecule has 2 saturated carbocycles. The molecule has 8 heteroatoms. The molecule has 1 aromatic rings. The zero-order valence-corrected chi connectivity index (χ0v) is 18.2. The molecule has 0 radical (unpaired) electrons. The van der Waals surface area contributed by atoms with Gasteiger partial charge >= 0.3 is 0 Å². The fourth-order valence-electron chi connectivity index (χ4n) is 4.18.